The number of nitrogens with one attached hydrogen (secondary N) is 1. The second-order valence-corrected chi connectivity index (χ2v) is 5.75. The maximum atomic E-state index is 11.3. The van der Waals surface area contributed by atoms with Gasteiger partial charge in [0.15, 0.2) is 0 Å². The third-order valence-electron chi connectivity index (χ3n) is 4.28. The molecule has 1 aliphatic carbocycles. The van der Waals surface area contributed by atoms with Crippen LogP contribution in [0, 0.1) is 0 Å². The van der Waals surface area contributed by atoms with Gasteiger partial charge < -0.3 is 10.4 Å². The Kier molecular flexibility index (Phi) is 5.60. The van der Waals surface area contributed by atoms with Gasteiger partial charge in [0, 0.05) is 6.04 Å². The lowest BCUT2D eigenvalue weighted by molar-refractivity contribution is -0.140. The first-order valence-electron chi connectivity index (χ1n) is 7.76. The van der Waals surface area contributed by atoms with Crippen molar-refractivity contribution >= 4 is 5.97 Å². The maximum Gasteiger partial charge on any atom is 0.320 e. The van der Waals surface area contributed by atoms with Crippen LogP contribution in [0.25, 0.3) is 0 Å². The summed E-state index contributed by atoms with van der Waals surface area (Å²) in [5.74, 6) is -0.270. The zero-order valence-electron chi connectivity index (χ0n) is 12.2. The monoisotopic (exact) mass is 275 g/mol. The smallest absolute Gasteiger partial charge is 0.320 e. The minimum absolute atomic E-state index is 0.291. The van der Waals surface area contributed by atoms with Crippen molar-refractivity contribution in [3.8, 4) is 0 Å². The molecule has 2 N–H and O–H groups in total. The number of carbonyl (C=O) groups is 1. The van der Waals surface area contributed by atoms with Crippen LogP contribution < -0.4 is 5.32 Å². The van der Waals surface area contributed by atoms with E-state index < -0.39 is 12.0 Å². The minimum Gasteiger partial charge on any atom is -0.480 e. The van der Waals surface area contributed by atoms with Gasteiger partial charge in [-0.25, -0.2) is 0 Å². The molecule has 0 aromatic heterocycles. The second-order valence-electron chi connectivity index (χ2n) is 5.75. The Labute approximate surface area is 121 Å². The summed E-state index contributed by atoms with van der Waals surface area (Å²) in [4.78, 5) is 11.3. The minimum atomic E-state index is -0.718. The Balaban J connectivity index is 2.08. The zero-order valence-corrected chi connectivity index (χ0v) is 12.2. The average Bonchev–Trinajstić information content (AvgIpc) is 2.48. The first-order valence-corrected chi connectivity index (χ1v) is 7.76. The highest BCUT2D eigenvalue weighted by Gasteiger charge is 2.29. The van der Waals surface area contributed by atoms with Crippen LogP contribution in [0.5, 0.6) is 0 Å². The predicted octanol–water partition coefficient (Wildman–Crippen LogP) is 3.56. The van der Waals surface area contributed by atoms with E-state index in [9.17, 15) is 9.90 Å². The van der Waals surface area contributed by atoms with Gasteiger partial charge in [-0.3, -0.25) is 4.79 Å². The quantitative estimate of drug-likeness (QED) is 0.834. The number of carboxylic acids is 1. The van der Waals surface area contributed by atoms with Gasteiger partial charge in [0.2, 0.25) is 0 Å². The van der Waals surface area contributed by atoms with Crippen molar-refractivity contribution in [1.82, 2.24) is 5.32 Å². The van der Waals surface area contributed by atoms with Crippen molar-refractivity contribution in [1.29, 1.82) is 0 Å². The van der Waals surface area contributed by atoms with E-state index >= 15 is 0 Å². The fourth-order valence-corrected chi connectivity index (χ4v) is 3.25. The number of aliphatic carboxylic acids is 1. The first-order chi connectivity index (χ1) is 9.72. The van der Waals surface area contributed by atoms with Crippen LogP contribution in [-0.4, -0.2) is 23.2 Å². The molecule has 0 bridgehead atoms. The van der Waals surface area contributed by atoms with Crippen LogP contribution in [0.2, 0.25) is 0 Å². The molecule has 1 aromatic rings. The molecule has 20 heavy (non-hydrogen) atoms. The highest BCUT2D eigenvalue weighted by Crippen LogP contribution is 2.33. The van der Waals surface area contributed by atoms with Gasteiger partial charge in [-0.15, -0.1) is 0 Å². The summed E-state index contributed by atoms with van der Waals surface area (Å²) in [6.07, 6.45) is 6.26. The van der Waals surface area contributed by atoms with Gasteiger partial charge >= 0.3 is 5.97 Å². The normalized spacial score (nSPS) is 24.2. The molecule has 0 heterocycles. The number of hydrogen-bond acceptors (Lipinski definition) is 2. The number of hydrogen-bond donors (Lipinski definition) is 2. The van der Waals surface area contributed by atoms with E-state index in [-0.39, 0.29) is 0 Å². The average molecular weight is 275 g/mol. The molecule has 2 rings (SSSR count). The molecule has 0 amide bonds. The van der Waals surface area contributed by atoms with Crippen molar-refractivity contribution in [3.05, 3.63) is 35.9 Å². The van der Waals surface area contributed by atoms with Gasteiger partial charge in [-0.1, -0.05) is 56.5 Å². The Morgan fingerprint density at radius 1 is 1.30 bits per heavy atom. The largest absolute Gasteiger partial charge is 0.480 e. The van der Waals surface area contributed by atoms with Crippen LogP contribution in [-0.2, 0) is 4.79 Å². The SMILES string of the molecule is CCCC(NC1CCCCC1c1ccccc1)C(=O)O. The van der Waals surface area contributed by atoms with Crippen molar-refractivity contribution in [2.75, 3.05) is 0 Å². The van der Waals surface area contributed by atoms with Crippen molar-refractivity contribution < 1.29 is 9.90 Å². The summed E-state index contributed by atoms with van der Waals surface area (Å²) in [6.45, 7) is 2.03. The van der Waals surface area contributed by atoms with Gasteiger partial charge in [0.25, 0.3) is 0 Å². The van der Waals surface area contributed by atoms with Crippen LogP contribution in [0.3, 0.4) is 0 Å². The summed E-state index contributed by atoms with van der Waals surface area (Å²) in [5.41, 5.74) is 1.34. The van der Waals surface area contributed by atoms with E-state index in [0.717, 1.165) is 19.3 Å². The first kappa shape index (κ1) is 15.0. The highest BCUT2D eigenvalue weighted by atomic mass is 16.4. The summed E-state index contributed by atoms with van der Waals surface area (Å²) in [5, 5.41) is 12.7. The molecule has 110 valence electrons. The molecular formula is C17H25NO2. The van der Waals surface area contributed by atoms with Crippen LogP contribution in [0.15, 0.2) is 30.3 Å². The fourth-order valence-electron chi connectivity index (χ4n) is 3.25. The van der Waals surface area contributed by atoms with Gasteiger partial charge in [0.1, 0.15) is 6.04 Å². The van der Waals surface area contributed by atoms with E-state index in [0.29, 0.717) is 18.4 Å². The Hall–Kier alpha value is -1.35. The molecule has 3 nitrogen and oxygen atoms in total. The van der Waals surface area contributed by atoms with Crippen molar-refractivity contribution in [2.24, 2.45) is 0 Å². The molecule has 3 atom stereocenters. The lowest BCUT2D eigenvalue weighted by Gasteiger charge is -2.34. The molecule has 1 fully saturated rings. The van der Waals surface area contributed by atoms with E-state index in [1.54, 1.807) is 0 Å². The van der Waals surface area contributed by atoms with E-state index in [1.807, 2.05) is 13.0 Å². The van der Waals surface area contributed by atoms with Crippen molar-refractivity contribution in [2.45, 2.75) is 63.5 Å². The highest BCUT2D eigenvalue weighted by molar-refractivity contribution is 5.73. The predicted molar refractivity (Wildman–Crippen MR) is 80.9 cm³/mol. The third kappa shape index (κ3) is 3.83. The fraction of sp³-hybridized carbons (Fsp3) is 0.588. The summed E-state index contributed by atoms with van der Waals surface area (Å²) in [7, 11) is 0. The summed E-state index contributed by atoms with van der Waals surface area (Å²) >= 11 is 0. The standard InChI is InChI=1S/C17H25NO2/c1-2-8-16(17(19)20)18-15-12-7-6-11-14(15)13-9-4-3-5-10-13/h3-5,9-10,14-16,18H,2,6-8,11-12H2,1H3,(H,19,20). The van der Waals surface area contributed by atoms with E-state index in [1.165, 1.54) is 18.4 Å². The van der Waals surface area contributed by atoms with Crippen LogP contribution in [0.4, 0.5) is 0 Å². The topological polar surface area (TPSA) is 49.3 Å². The molecule has 3 heteroatoms. The summed E-state index contributed by atoms with van der Waals surface area (Å²) < 4.78 is 0. The molecule has 1 saturated carbocycles. The summed E-state index contributed by atoms with van der Waals surface area (Å²) in [6, 6.07) is 10.4. The van der Waals surface area contributed by atoms with Gasteiger partial charge in [0.05, 0.1) is 0 Å². The molecule has 1 aliphatic rings. The molecular weight excluding hydrogens is 250 g/mol. The number of rotatable bonds is 6. The van der Waals surface area contributed by atoms with Crippen molar-refractivity contribution in [3.63, 3.8) is 0 Å². The number of carboxylic acid groups (broad SMARTS) is 1. The van der Waals surface area contributed by atoms with Crippen LogP contribution >= 0.6 is 0 Å². The molecule has 0 saturated heterocycles. The third-order valence-corrected chi connectivity index (χ3v) is 4.28. The maximum absolute atomic E-state index is 11.3. The Morgan fingerprint density at radius 3 is 2.65 bits per heavy atom. The Morgan fingerprint density at radius 2 is 2.00 bits per heavy atom. The Bertz CT molecular complexity index is 418. The van der Waals surface area contributed by atoms with E-state index in [2.05, 4.69) is 29.6 Å². The molecule has 1 aromatic carbocycles. The molecule has 0 spiro atoms. The van der Waals surface area contributed by atoms with Gasteiger partial charge in [-0.05, 0) is 30.7 Å². The molecule has 3 unspecified atom stereocenters. The molecule has 0 aliphatic heterocycles. The number of benzene rings is 1. The van der Waals surface area contributed by atoms with Gasteiger partial charge in [-0.2, -0.15) is 0 Å². The second kappa shape index (κ2) is 7.44. The lowest BCUT2D eigenvalue weighted by Crippen LogP contribution is -2.47. The lowest BCUT2D eigenvalue weighted by atomic mass is 9.79. The van der Waals surface area contributed by atoms with E-state index in [4.69, 9.17) is 0 Å². The zero-order chi connectivity index (χ0) is 14.4. The molecule has 0 radical (unpaired) electrons. The van der Waals surface area contributed by atoms with Crippen LogP contribution in [0.1, 0.15) is 56.9 Å².